The van der Waals surface area contributed by atoms with E-state index in [1.54, 1.807) is 0 Å². The molecular weight excluding hydrogens is 190 g/mol. The molecule has 1 aliphatic carbocycles. The van der Waals surface area contributed by atoms with Gasteiger partial charge < -0.3 is 15.2 Å². The largest absolute Gasteiger partial charge is 0.396 e. The van der Waals surface area contributed by atoms with Gasteiger partial charge in [-0.05, 0) is 30.6 Å². The Labute approximate surface area is 93.2 Å². The Bertz CT molecular complexity index is 167. The van der Waals surface area contributed by atoms with E-state index in [9.17, 15) is 0 Å². The van der Waals surface area contributed by atoms with Crippen molar-refractivity contribution in [1.82, 2.24) is 5.32 Å². The van der Waals surface area contributed by atoms with Crippen molar-refractivity contribution in [3.05, 3.63) is 0 Å². The maximum absolute atomic E-state index is 8.89. The molecule has 1 rings (SSSR count). The van der Waals surface area contributed by atoms with Crippen LogP contribution in [0.3, 0.4) is 0 Å². The van der Waals surface area contributed by atoms with Gasteiger partial charge in [-0.15, -0.1) is 0 Å². The van der Waals surface area contributed by atoms with E-state index >= 15 is 0 Å². The van der Waals surface area contributed by atoms with Gasteiger partial charge in [-0.2, -0.15) is 0 Å². The van der Waals surface area contributed by atoms with E-state index < -0.39 is 0 Å². The predicted octanol–water partition coefficient (Wildman–Crippen LogP) is 1.41. The van der Waals surface area contributed by atoms with E-state index in [0.717, 1.165) is 32.7 Å². The van der Waals surface area contributed by atoms with Crippen LogP contribution in [0.25, 0.3) is 0 Å². The Balaban J connectivity index is 1.89. The maximum Gasteiger partial charge on any atom is 0.0591 e. The second-order valence-electron chi connectivity index (χ2n) is 5.12. The van der Waals surface area contributed by atoms with Gasteiger partial charge in [0.1, 0.15) is 0 Å². The first-order valence-corrected chi connectivity index (χ1v) is 6.08. The number of hydrogen-bond donors (Lipinski definition) is 2. The van der Waals surface area contributed by atoms with Gasteiger partial charge in [-0.3, -0.25) is 0 Å². The monoisotopic (exact) mass is 215 g/mol. The van der Waals surface area contributed by atoms with Crippen LogP contribution in [0.4, 0.5) is 0 Å². The van der Waals surface area contributed by atoms with Crippen molar-refractivity contribution < 1.29 is 9.84 Å². The van der Waals surface area contributed by atoms with Gasteiger partial charge in [0, 0.05) is 26.3 Å². The number of rotatable bonds is 9. The lowest BCUT2D eigenvalue weighted by atomic mass is 10.0. The SMILES string of the molecule is CC(C)COCCNCC1(CCO)CC1. The van der Waals surface area contributed by atoms with Crippen LogP contribution < -0.4 is 5.32 Å². The molecular formula is C12H25NO2. The molecule has 0 bridgehead atoms. The van der Waals surface area contributed by atoms with Gasteiger partial charge in [0.2, 0.25) is 0 Å². The molecule has 0 spiro atoms. The van der Waals surface area contributed by atoms with Gasteiger partial charge in [-0.1, -0.05) is 13.8 Å². The molecule has 3 heteroatoms. The van der Waals surface area contributed by atoms with Crippen molar-refractivity contribution in [2.75, 3.05) is 32.9 Å². The molecule has 0 amide bonds. The van der Waals surface area contributed by atoms with E-state index in [1.807, 2.05) is 0 Å². The molecule has 0 atom stereocenters. The third-order valence-corrected chi connectivity index (χ3v) is 2.97. The number of aliphatic hydroxyl groups excluding tert-OH is 1. The van der Waals surface area contributed by atoms with E-state index in [1.165, 1.54) is 12.8 Å². The molecule has 0 aromatic carbocycles. The fourth-order valence-corrected chi connectivity index (χ4v) is 1.75. The number of hydrogen-bond acceptors (Lipinski definition) is 3. The van der Waals surface area contributed by atoms with Crippen molar-refractivity contribution >= 4 is 0 Å². The van der Waals surface area contributed by atoms with E-state index in [2.05, 4.69) is 19.2 Å². The lowest BCUT2D eigenvalue weighted by molar-refractivity contribution is 0.110. The average molecular weight is 215 g/mol. The summed E-state index contributed by atoms with van der Waals surface area (Å²) < 4.78 is 5.48. The second kappa shape index (κ2) is 6.46. The van der Waals surface area contributed by atoms with Crippen LogP contribution in [0.1, 0.15) is 33.1 Å². The van der Waals surface area contributed by atoms with Crippen LogP contribution in [0, 0.1) is 11.3 Å². The minimum atomic E-state index is 0.325. The highest BCUT2D eigenvalue weighted by Crippen LogP contribution is 2.47. The van der Waals surface area contributed by atoms with Crippen LogP contribution >= 0.6 is 0 Å². The highest BCUT2D eigenvalue weighted by atomic mass is 16.5. The first-order valence-electron chi connectivity index (χ1n) is 6.08. The zero-order valence-corrected chi connectivity index (χ0v) is 10.1. The third-order valence-electron chi connectivity index (χ3n) is 2.97. The predicted molar refractivity (Wildman–Crippen MR) is 61.9 cm³/mol. The van der Waals surface area contributed by atoms with E-state index in [4.69, 9.17) is 9.84 Å². The normalized spacial score (nSPS) is 18.4. The summed E-state index contributed by atoms with van der Waals surface area (Å²) in [6, 6.07) is 0. The first-order chi connectivity index (χ1) is 7.18. The number of aliphatic hydroxyl groups is 1. The van der Waals surface area contributed by atoms with Crippen molar-refractivity contribution in [2.45, 2.75) is 33.1 Å². The quantitative estimate of drug-likeness (QED) is 0.571. The van der Waals surface area contributed by atoms with Gasteiger partial charge >= 0.3 is 0 Å². The molecule has 90 valence electrons. The van der Waals surface area contributed by atoms with Gasteiger partial charge in [-0.25, -0.2) is 0 Å². The van der Waals surface area contributed by atoms with Crippen LogP contribution in [0.5, 0.6) is 0 Å². The molecule has 0 saturated heterocycles. The molecule has 2 N–H and O–H groups in total. The standard InChI is InChI=1S/C12H25NO2/c1-11(2)9-15-8-6-13-10-12(3-4-12)5-7-14/h11,13-14H,3-10H2,1-2H3. The molecule has 1 saturated carbocycles. The molecule has 0 aliphatic heterocycles. The highest BCUT2D eigenvalue weighted by Gasteiger charge is 2.41. The van der Waals surface area contributed by atoms with Crippen LogP contribution in [-0.2, 0) is 4.74 Å². The van der Waals surface area contributed by atoms with Gasteiger partial charge in [0.05, 0.1) is 6.61 Å². The van der Waals surface area contributed by atoms with E-state index in [0.29, 0.717) is 17.9 Å². The molecule has 15 heavy (non-hydrogen) atoms. The summed E-state index contributed by atoms with van der Waals surface area (Å²) in [6.45, 7) is 8.27. The lowest BCUT2D eigenvalue weighted by Gasteiger charge is -2.14. The molecule has 0 radical (unpaired) electrons. The van der Waals surface area contributed by atoms with Crippen LogP contribution in [0.15, 0.2) is 0 Å². The summed E-state index contributed by atoms with van der Waals surface area (Å²) in [7, 11) is 0. The number of ether oxygens (including phenoxy) is 1. The zero-order chi connectivity index (χ0) is 11.1. The summed E-state index contributed by atoms with van der Waals surface area (Å²) in [6.07, 6.45) is 3.49. The topological polar surface area (TPSA) is 41.5 Å². The molecule has 0 unspecified atom stereocenters. The van der Waals surface area contributed by atoms with Crippen molar-refractivity contribution in [1.29, 1.82) is 0 Å². The lowest BCUT2D eigenvalue weighted by Crippen LogP contribution is -2.28. The first kappa shape index (κ1) is 12.9. The molecule has 1 aliphatic rings. The molecule has 0 aromatic heterocycles. The fraction of sp³-hybridized carbons (Fsp3) is 1.00. The smallest absolute Gasteiger partial charge is 0.0591 e. The second-order valence-corrected chi connectivity index (χ2v) is 5.12. The van der Waals surface area contributed by atoms with Crippen molar-refractivity contribution in [3.63, 3.8) is 0 Å². The van der Waals surface area contributed by atoms with E-state index in [-0.39, 0.29) is 0 Å². The Morgan fingerprint density at radius 1 is 1.40 bits per heavy atom. The van der Waals surface area contributed by atoms with Crippen LogP contribution in [-0.4, -0.2) is 38.0 Å². The van der Waals surface area contributed by atoms with Crippen molar-refractivity contribution in [3.8, 4) is 0 Å². The summed E-state index contributed by atoms with van der Waals surface area (Å²) >= 11 is 0. The molecule has 1 fully saturated rings. The van der Waals surface area contributed by atoms with Crippen molar-refractivity contribution in [2.24, 2.45) is 11.3 Å². The highest BCUT2D eigenvalue weighted by molar-refractivity contribution is 4.94. The third kappa shape index (κ3) is 5.50. The van der Waals surface area contributed by atoms with Crippen LogP contribution in [0.2, 0.25) is 0 Å². The molecule has 0 heterocycles. The molecule has 0 aromatic rings. The Morgan fingerprint density at radius 2 is 2.13 bits per heavy atom. The minimum absolute atomic E-state index is 0.325. The average Bonchev–Trinajstić information content (AvgIpc) is 2.92. The Kier molecular flexibility index (Phi) is 5.58. The molecule has 3 nitrogen and oxygen atoms in total. The summed E-state index contributed by atoms with van der Waals surface area (Å²) in [5.74, 6) is 0.620. The summed E-state index contributed by atoms with van der Waals surface area (Å²) in [4.78, 5) is 0. The Hall–Kier alpha value is -0.120. The van der Waals surface area contributed by atoms with Gasteiger partial charge in [0.25, 0.3) is 0 Å². The summed E-state index contributed by atoms with van der Waals surface area (Å²) in [5.41, 5.74) is 0.423. The maximum atomic E-state index is 8.89. The Morgan fingerprint density at radius 3 is 2.67 bits per heavy atom. The fourth-order valence-electron chi connectivity index (χ4n) is 1.75. The summed E-state index contributed by atoms with van der Waals surface area (Å²) in [5, 5.41) is 12.3. The number of nitrogens with one attached hydrogen (secondary N) is 1. The zero-order valence-electron chi connectivity index (χ0n) is 10.1. The van der Waals surface area contributed by atoms with Gasteiger partial charge in [0.15, 0.2) is 0 Å². The minimum Gasteiger partial charge on any atom is -0.396 e.